The fourth-order valence-corrected chi connectivity index (χ4v) is 2.50. The van der Waals surface area contributed by atoms with Crippen molar-refractivity contribution in [2.45, 2.75) is 6.54 Å². The van der Waals surface area contributed by atoms with Crippen LogP contribution in [0.1, 0.15) is 11.3 Å². The van der Waals surface area contributed by atoms with E-state index in [1.165, 1.54) is 0 Å². The summed E-state index contributed by atoms with van der Waals surface area (Å²) in [4.78, 5) is 8.84. The summed E-state index contributed by atoms with van der Waals surface area (Å²) in [7, 11) is 0. The van der Waals surface area contributed by atoms with Gasteiger partial charge in [0.1, 0.15) is 10.8 Å². The Morgan fingerprint density at radius 1 is 1.25 bits per heavy atom. The predicted molar refractivity (Wildman–Crippen MR) is 79.2 cm³/mol. The van der Waals surface area contributed by atoms with Crippen LogP contribution in [0.3, 0.4) is 0 Å². The molecule has 3 aromatic rings. The summed E-state index contributed by atoms with van der Waals surface area (Å²) >= 11 is 6.05. The highest BCUT2D eigenvalue weighted by molar-refractivity contribution is 6.34. The molecule has 0 fully saturated rings. The predicted octanol–water partition coefficient (Wildman–Crippen LogP) is 2.98. The molecule has 5 nitrogen and oxygen atoms in total. The molecule has 2 aromatic heterocycles. The molecule has 0 aliphatic carbocycles. The molecule has 0 radical (unpaired) electrons. The van der Waals surface area contributed by atoms with Gasteiger partial charge in [-0.25, -0.2) is 0 Å². The Labute approximate surface area is 119 Å². The van der Waals surface area contributed by atoms with Crippen LogP contribution in [-0.4, -0.2) is 21.0 Å². The molecule has 0 atom stereocenters. The summed E-state index contributed by atoms with van der Waals surface area (Å²) in [5, 5.41) is 11.6. The van der Waals surface area contributed by atoms with Crippen LogP contribution >= 0.6 is 11.6 Å². The molecule has 0 unspecified atom stereocenters. The molecule has 4 rings (SSSR count). The van der Waals surface area contributed by atoms with E-state index in [-0.39, 0.29) is 0 Å². The van der Waals surface area contributed by atoms with Crippen molar-refractivity contribution in [1.29, 1.82) is 0 Å². The van der Waals surface area contributed by atoms with Crippen molar-refractivity contribution in [3.8, 4) is 0 Å². The van der Waals surface area contributed by atoms with Gasteiger partial charge < -0.3 is 5.32 Å². The zero-order chi connectivity index (χ0) is 13.5. The minimum atomic E-state index is 0.538. The molecule has 0 saturated carbocycles. The Bertz CT molecular complexity index is 836. The van der Waals surface area contributed by atoms with Crippen molar-refractivity contribution in [1.82, 2.24) is 15.2 Å². The molecule has 6 heteroatoms. The smallest absolute Gasteiger partial charge is 0.152 e. The molecule has 98 valence electrons. The Morgan fingerprint density at radius 3 is 3.15 bits per heavy atom. The quantitative estimate of drug-likeness (QED) is 0.721. The molecule has 0 saturated heterocycles. The number of nitrogens with one attached hydrogen (secondary N) is 2. The number of amidine groups is 1. The zero-order valence-corrected chi connectivity index (χ0v) is 11.1. The van der Waals surface area contributed by atoms with Crippen LogP contribution < -0.4 is 5.32 Å². The van der Waals surface area contributed by atoms with E-state index in [1.54, 1.807) is 6.20 Å². The highest BCUT2D eigenvalue weighted by Gasteiger charge is 2.17. The number of pyridine rings is 1. The average Bonchev–Trinajstić information content (AvgIpc) is 3.05. The maximum atomic E-state index is 6.05. The van der Waals surface area contributed by atoms with E-state index in [0.717, 1.165) is 33.7 Å². The molecule has 3 heterocycles. The SMILES string of the molecule is Clc1[nH]nc2ccc(NC3=NCc4cccnc43)cc12. The Morgan fingerprint density at radius 2 is 2.20 bits per heavy atom. The van der Waals surface area contributed by atoms with Crippen LogP contribution in [-0.2, 0) is 6.54 Å². The third kappa shape index (κ3) is 1.75. The molecule has 0 bridgehead atoms. The topological polar surface area (TPSA) is 66.0 Å². The van der Waals surface area contributed by atoms with Gasteiger partial charge in [0.05, 0.1) is 12.1 Å². The van der Waals surface area contributed by atoms with Gasteiger partial charge in [0, 0.05) is 22.8 Å². The summed E-state index contributed by atoms with van der Waals surface area (Å²) in [6.07, 6.45) is 1.78. The Balaban J connectivity index is 1.70. The number of H-pyrrole nitrogens is 1. The maximum Gasteiger partial charge on any atom is 0.152 e. The van der Waals surface area contributed by atoms with E-state index in [1.807, 2.05) is 30.3 Å². The van der Waals surface area contributed by atoms with Crippen LogP contribution in [0.4, 0.5) is 5.69 Å². The first-order valence-corrected chi connectivity index (χ1v) is 6.58. The number of aromatic nitrogens is 3. The lowest BCUT2D eigenvalue weighted by molar-refractivity contribution is 1.09. The number of nitrogens with zero attached hydrogens (tertiary/aromatic N) is 3. The lowest BCUT2D eigenvalue weighted by atomic mass is 10.2. The van der Waals surface area contributed by atoms with Crippen molar-refractivity contribution in [2.75, 3.05) is 5.32 Å². The van der Waals surface area contributed by atoms with Gasteiger partial charge in [-0.3, -0.25) is 15.1 Å². The molecule has 1 aliphatic rings. The van der Waals surface area contributed by atoms with Crippen LogP contribution in [0.15, 0.2) is 41.5 Å². The van der Waals surface area contributed by atoms with Crippen LogP contribution in [0.2, 0.25) is 5.15 Å². The van der Waals surface area contributed by atoms with Gasteiger partial charge in [0.2, 0.25) is 0 Å². The third-order valence-corrected chi connectivity index (χ3v) is 3.58. The number of fused-ring (bicyclic) bond motifs is 2. The van der Waals surface area contributed by atoms with Gasteiger partial charge in [-0.15, -0.1) is 0 Å². The molecule has 0 amide bonds. The number of hydrogen-bond donors (Lipinski definition) is 2. The number of aliphatic imine (C=N–C) groups is 1. The maximum absolute atomic E-state index is 6.05. The minimum absolute atomic E-state index is 0.538. The van der Waals surface area contributed by atoms with Gasteiger partial charge in [0.25, 0.3) is 0 Å². The molecule has 0 spiro atoms. The first-order valence-electron chi connectivity index (χ1n) is 6.20. The van der Waals surface area contributed by atoms with Gasteiger partial charge in [-0.1, -0.05) is 17.7 Å². The number of rotatable bonds is 1. The third-order valence-electron chi connectivity index (χ3n) is 3.29. The number of anilines is 1. The Hall–Kier alpha value is -2.40. The van der Waals surface area contributed by atoms with Gasteiger partial charge >= 0.3 is 0 Å². The van der Waals surface area contributed by atoms with E-state index >= 15 is 0 Å². The van der Waals surface area contributed by atoms with Gasteiger partial charge in [0.15, 0.2) is 5.84 Å². The van der Waals surface area contributed by atoms with E-state index in [4.69, 9.17) is 11.6 Å². The second-order valence-electron chi connectivity index (χ2n) is 4.57. The summed E-state index contributed by atoms with van der Waals surface area (Å²) in [5.41, 5.74) is 3.80. The molecular weight excluding hydrogens is 274 g/mol. The van der Waals surface area contributed by atoms with Crippen LogP contribution in [0.5, 0.6) is 0 Å². The van der Waals surface area contributed by atoms with E-state index < -0.39 is 0 Å². The van der Waals surface area contributed by atoms with Gasteiger partial charge in [-0.2, -0.15) is 5.10 Å². The van der Waals surface area contributed by atoms with Crippen molar-refractivity contribution < 1.29 is 0 Å². The first-order chi connectivity index (χ1) is 9.81. The average molecular weight is 284 g/mol. The molecule has 2 N–H and O–H groups in total. The largest absolute Gasteiger partial charge is 0.339 e. The van der Waals surface area contributed by atoms with Crippen molar-refractivity contribution in [3.05, 3.63) is 52.9 Å². The summed E-state index contributed by atoms with van der Waals surface area (Å²) in [6, 6.07) is 9.77. The fraction of sp³-hybridized carbons (Fsp3) is 0.0714. The van der Waals surface area contributed by atoms with Crippen LogP contribution in [0, 0.1) is 0 Å². The standard InChI is InChI=1S/C14H10ClN5/c15-13-10-6-9(3-4-11(10)19-20-13)18-14-12-8(7-17-14)2-1-5-16-12/h1-6H,7H2,(H,17,18)(H,19,20). The van der Waals surface area contributed by atoms with E-state index in [0.29, 0.717) is 11.7 Å². The molecule has 1 aromatic carbocycles. The Kier molecular flexibility index (Phi) is 2.47. The van der Waals surface area contributed by atoms with Crippen molar-refractivity contribution in [3.63, 3.8) is 0 Å². The number of aromatic amines is 1. The summed E-state index contributed by atoms with van der Waals surface area (Å²) in [5.74, 6) is 0.791. The second kappa shape index (κ2) is 4.31. The number of hydrogen-bond acceptors (Lipinski definition) is 4. The number of halogens is 1. The second-order valence-corrected chi connectivity index (χ2v) is 4.95. The first kappa shape index (κ1) is 11.4. The molecule has 20 heavy (non-hydrogen) atoms. The van der Waals surface area contributed by atoms with Crippen molar-refractivity contribution >= 4 is 34.0 Å². The zero-order valence-electron chi connectivity index (χ0n) is 10.4. The minimum Gasteiger partial charge on any atom is -0.339 e. The number of benzene rings is 1. The molecular formula is C14H10ClN5. The highest BCUT2D eigenvalue weighted by Crippen LogP contribution is 2.25. The summed E-state index contributed by atoms with van der Waals surface area (Å²) in [6.45, 7) is 0.667. The van der Waals surface area contributed by atoms with Crippen molar-refractivity contribution in [2.24, 2.45) is 4.99 Å². The van der Waals surface area contributed by atoms with Gasteiger partial charge in [-0.05, 0) is 24.3 Å². The lowest BCUT2D eigenvalue weighted by Crippen LogP contribution is -2.12. The van der Waals surface area contributed by atoms with E-state index in [2.05, 4.69) is 25.5 Å². The normalized spacial score (nSPS) is 13.3. The summed E-state index contributed by atoms with van der Waals surface area (Å²) < 4.78 is 0. The highest BCUT2D eigenvalue weighted by atomic mass is 35.5. The lowest BCUT2D eigenvalue weighted by Gasteiger charge is -2.06. The fourth-order valence-electron chi connectivity index (χ4n) is 2.31. The monoisotopic (exact) mass is 283 g/mol. The van der Waals surface area contributed by atoms with Crippen LogP contribution in [0.25, 0.3) is 10.9 Å². The molecule has 1 aliphatic heterocycles. The van der Waals surface area contributed by atoms with E-state index in [9.17, 15) is 0 Å².